The molecule has 0 aromatic rings. The van der Waals surface area contributed by atoms with E-state index < -0.39 is 0 Å². The van der Waals surface area contributed by atoms with Gasteiger partial charge in [-0.3, -0.25) is 4.79 Å². The minimum absolute atomic E-state index is 0.163. The van der Waals surface area contributed by atoms with Crippen molar-refractivity contribution in [3.8, 4) is 0 Å². The fourth-order valence-corrected chi connectivity index (χ4v) is 1.45. The molecule has 1 unspecified atom stereocenters. The van der Waals surface area contributed by atoms with Gasteiger partial charge in [0.15, 0.2) is 0 Å². The highest BCUT2D eigenvalue weighted by Crippen LogP contribution is 2.16. The maximum absolute atomic E-state index is 11.1. The van der Waals surface area contributed by atoms with Crippen LogP contribution in [0.5, 0.6) is 0 Å². The summed E-state index contributed by atoms with van der Waals surface area (Å²) in [6, 6.07) is 0. The van der Waals surface area contributed by atoms with Crippen LogP contribution < -0.4 is 5.32 Å². The van der Waals surface area contributed by atoms with Gasteiger partial charge in [0.05, 0.1) is 0 Å². The summed E-state index contributed by atoms with van der Waals surface area (Å²) < 4.78 is 0. The summed E-state index contributed by atoms with van der Waals surface area (Å²) in [5.74, 6) is 0.334. The molecular weight excluding hydrogens is 142 g/mol. The Kier molecular flexibility index (Phi) is 3.36. The highest BCUT2D eigenvalue weighted by atomic mass is 16.3. The van der Waals surface area contributed by atoms with Crippen LogP contribution in [0.1, 0.15) is 25.7 Å². The topological polar surface area (TPSA) is 49.3 Å². The van der Waals surface area contributed by atoms with E-state index in [0.29, 0.717) is 0 Å². The Bertz CT molecular complexity index is 136. The second-order valence-electron chi connectivity index (χ2n) is 3.00. The lowest BCUT2D eigenvalue weighted by Crippen LogP contribution is -2.36. The summed E-state index contributed by atoms with van der Waals surface area (Å²) in [6.45, 7) is 1.03. The summed E-state index contributed by atoms with van der Waals surface area (Å²) in [7, 11) is 0. The molecule has 11 heavy (non-hydrogen) atoms. The van der Waals surface area contributed by atoms with E-state index in [1.807, 2.05) is 0 Å². The molecule has 0 bridgehead atoms. The first-order chi connectivity index (χ1) is 5.34. The van der Waals surface area contributed by atoms with Gasteiger partial charge >= 0.3 is 0 Å². The zero-order valence-electron chi connectivity index (χ0n) is 6.68. The molecule has 0 aromatic heterocycles. The Morgan fingerprint density at radius 3 is 3.09 bits per heavy atom. The summed E-state index contributed by atoms with van der Waals surface area (Å²) in [5.41, 5.74) is 0. The second kappa shape index (κ2) is 4.34. The van der Waals surface area contributed by atoms with Gasteiger partial charge in [0, 0.05) is 19.1 Å². The van der Waals surface area contributed by atoms with Crippen molar-refractivity contribution >= 4 is 5.91 Å². The molecule has 1 amide bonds. The molecule has 1 saturated heterocycles. The van der Waals surface area contributed by atoms with Crippen molar-refractivity contribution in [1.82, 2.24) is 5.32 Å². The van der Waals surface area contributed by atoms with Gasteiger partial charge in [0.25, 0.3) is 0 Å². The molecule has 1 rings (SSSR count). The van der Waals surface area contributed by atoms with Gasteiger partial charge in [-0.25, -0.2) is 0 Å². The molecule has 0 saturated carbocycles. The maximum Gasteiger partial charge on any atom is 0.223 e. The number of piperidine rings is 1. The zero-order valence-corrected chi connectivity index (χ0v) is 6.68. The molecular formula is C8H15NO2. The molecule has 1 aliphatic rings. The molecule has 0 aromatic carbocycles. The van der Waals surface area contributed by atoms with Crippen LogP contribution in [0.25, 0.3) is 0 Å². The van der Waals surface area contributed by atoms with Gasteiger partial charge in [-0.1, -0.05) is 0 Å². The predicted octanol–water partition coefficient (Wildman–Crippen LogP) is 0.285. The van der Waals surface area contributed by atoms with Crippen LogP contribution in [0.15, 0.2) is 0 Å². The van der Waals surface area contributed by atoms with Crippen molar-refractivity contribution in [2.45, 2.75) is 25.7 Å². The number of carbonyl (C=O) groups is 1. The van der Waals surface area contributed by atoms with Crippen molar-refractivity contribution in [3.63, 3.8) is 0 Å². The van der Waals surface area contributed by atoms with Crippen LogP contribution in [0.2, 0.25) is 0 Å². The average Bonchev–Trinajstić information content (AvgIpc) is 2.03. The number of amides is 1. The minimum atomic E-state index is 0.163. The molecule has 0 radical (unpaired) electrons. The second-order valence-corrected chi connectivity index (χ2v) is 3.00. The number of hydrogen-bond acceptors (Lipinski definition) is 2. The lowest BCUT2D eigenvalue weighted by molar-refractivity contribution is -0.126. The molecule has 1 aliphatic heterocycles. The normalized spacial score (nSPS) is 24.8. The van der Waals surface area contributed by atoms with E-state index in [-0.39, 0.29) is 18.4 Å². The summed E-state index contributed by atoms with van der Waals surface area (Å²) >= 11 is 0. The Morgan fingerprint density at radius 2 is 2.45 bits per heavy atom. The Morgan fingerprint density at radius 1 is 1.64 bits per heavy atom. The van der Waals surface area contributed by atoms with Crippen LogP contribution in [0.4, 0.5) is 0 Å². The van der Waals surface area contributed by atoms with Crippen LogP contribution in [-0.4, -0.2) is 24.2 Å². The maximum atomic E-state index is 11.1. The molecule has 64 valence electrons. The van der Waals surface area contributed by atoms with Crippen molar-refractivity contribution in [2.24, 2.45) is 5.92 Å². The smallest absolute Gasteiger partial charge is 0.223 e. The van der Waals surface area contributed by atoms with Gasteiger partial charge in [-0.15, -0.1) is 0 Å². The van der Waals surface area contributed by atoms with Crippen molar-refractivity contribution in [3.05, 3.63) is 0 Å². The number of carbonyl (C=O) groups excluding carboxylic acids is 1. The first kappa shape index (κ1) is 8.53. The molecule has 1 atom stereocenters. The monoisotopic (exact) mass is 157 g/mol. The molecule has 3 heteroatoms. The lowest BCUT2D eigenvalue weighted by Gasteiger charge is -2.21. The molecule has 0 aliphatic carbocycles. The number of aliphatic hydroxyl groups excluding tert-OH is 1. The highest BCUT2D eigenvalue weighted by molar-refractivity contribution is 5.79. The van der Waals surface area contributed by atoms with Crippen LogP contribution in [0, 0.1) is 5.92 Å². The SMILES string of the molecule is O=C1NCCCC1CCCO. The average molecular weight is 157 g/mol. The lowest BCUT2D eigenvalue weighted by atomic mass is 9.94. The van der Waals surface area contributed by atoms with E-state index in [1.54, 1.807) is 0 Å². The summed E-state index contributed by atoms with van der Waals surface area (Å²) in [5, 5.41) is 11.4. The third-order valence-corrected chi connectivity index (χ3v) is 2.11. The molecule has 1 heterocycles. The molecule has 3 nitrogen and oxygen atoms in total. The number of aliphatic hydroxyl groups is 1. The first-order valence-corrected chi connectivity index (χ1v) is 4.23. The Balaban J connectivity index is 2.24. The standard InChI is InChI=1S/C8H15NO2/c10-6-2-4-7-3-1-5-9-8(7)11/h7,10H,1-6H2,(H,9,11). The van der Waals surface area contributed by atoms with Crippen molar-refractivity contribution in [2.75, 3.05) is 13.2 Å². The van der Waals surface area contributed by atoms with Crippen LogP contribution in [0.3, 0.4) is 0 Å². The third kappa shape index (κ3) is 2.50. The number of nitrogens with one attached hydrogen (secondary N) is 1. The van der Waals surface area contributed by atoms with Gasteiger partial charge in [-0.05, 0) is 25.7 Å². The highest BCUT2D eigenvalue weighted by Gasteiger charge is 2.20. The van der Waals surface area contributed by atoms with Crippen LogP contribution in [-0.2, 0) is 4.79 Å². The quantitative estimate of drug-likeness (QED) is 0.618. The van der Waals surface area contributed by atoms with E-state index in [2.05, 4.69) is 5.32 Å². The Hall–Kier alpha value is -0.570. The van der Waals surface area contributed by atoms with E-state index in [1.165, 1.54) is 0 Å². The third-order valence-electron chi connectivity index (χ3n) is 2.11. The van der Waals surface area contributed by atoms with Gasteiger partial charge in [-0.2, -0.15) is 0 Å². The number of rotatable bonds is 3. The van der Waals surface area contributed by atoms with E-state index in [0.717, 1.165) is 32.2 Å². The fourth-order valence-electron chi connectivity index (χ4n) is 1.45. The van der Waals surface area contributed by atoms with Crippen molar-refractivity contribution < 1.29 is 9.90 Å². The molecule has 1 fully saturated rings. The van der Waals surface area contributed by atoms with Crippen LogP contribution >= 0.6 is 0 Å². The predicted molar refractivity (Wildman–Crippen MR) is 42.1 cm³/mol. The van der Waals surface area contributed by atoms with E-state index >= 15 is 0 Å². The van der Waals surface area contributed by atoms with Crippen molar-refractivity contribution in [1.29, 1.82) is 0 Å². The van der Waals surface area contributed by atoms with Gasteiger partial charge in [0.1, 0.15) is 0 Å². The minimum Gasteiger partial charge on any atom is -0.396 e. The summed E-state index contributed by atoms with van der Waals surface area (Å²) in [4.78, 5) is 11.1. The summed E-state index contributed by atoms with van der Waals surface area (Å²) in [6.07, 6.45) is 3.66. The molecule has 2 N–H and O–H groups in total. The van der Waals surface area contributed by atoms with E-state index in [9.17, 15) is 4.79 Å². The Labute approximate surface area is 66.8 Å². The van der Waals surface area contributed by atoms with E-state index in [4.69, 9.17) is 5.11 Å². The fraction of sp³-hybridized carbons (Fsp3) is 0.875. The molecule has 0 spiro atoms. The first-order valence-electron chi connectivity index (χ1n) is 4.23. The van der Waals surface area contributed by atoms with Gasteiger partial charge in [0.2, 0.25) is 5.91 Å². The largest absolute Gasteiger partial charge is 0.396 e. The zero-order chi connectivity index (χ0) is 8.10. The number of hydrogen-bond donors (Lipinski definition) is 2. The van der Waals surface area contributed by atoms with Gasteiger partial charge < -0.3 is 10.4 Å².